The van der Waals surface area contributed by atoms with Crippen LogP contribution in [0.15, 0.2) is 47.5 Å². The summed E-state index contributed by atoms with van der Waals surface area (Å²) in [7, 11) is 0. The van der Waals surface area contributed by atoms with Crippen LogP contribution in [0.25, 0.3) is 0 Å². The fraction of sp³-hybridized carbons (Fsp3) is 0.391. The molecular weight excluding hydrogens is 356 g/mol. The largest absolute Gasteiger partial charge is 0.332 e. The van der Waals surface area contributed by atoms with Crippen LogP contribution in [0, 0.1) is 5.92 Å². The molecule has 0 radical (unpaired) electrons. The Hall–Kier alpha value is -2.13. The molecule has 1 amide bonds. The van der Waals surface area contributed by atoms with Gasteiger partial charge in [-0.2, -0.15) is 0 Å². The molecule has 3 nitrogen and oxygen atoms in total. The Balaban J connectivity index is 1.59. The predicted molar refractivity (Wildman–Crippen MR) is 111 cm³/mol. The number of fused-ring (bicyclic) bond motifs is 1. The van der Waals surface area contributed by atoms with E-state index in [0.29, 0.717) is 5.92 Å². The van der Waals surface area contributed by atoms with E-state index < -0.39 is 0 Å². The van der Waals surface area contributed by atoms with E-state index in [0.717, 1.165) is 59.8 Å². The van der Waals surface area contributed by atoms with Crippen molar-refractivity contribution in [3.8, 4) is 0 Å². The molecule has 2 aliphatic heterocycles. The zero-order valence-electron chi connectivity index (χ0n) is 15.9. The third-order valence-electron chi connectivity index (χ3n) is 5.48. The lowest BCUT2D eigenvalue weighted by Crippen LogP contribution is -2.30. The second kappa shape index (κ2) is 7.47. The van der Waals surface area contributed by atoms with Crippen LogP contribution in [0.4, 0.5) is 0 Å². The Morgan fingerprint density at radius 3 is 2.74 bits per heavy atom. The number of rotatable bonds is 4. The molecule has 1 fully saturated rings. The van der Waals surface area contributed by atoms with E-state index in [9.17, 15) is 4.79 Å². The number of carbonyl (C=O) groups is 1. The SMILES string of the molecule is CC(C)CC1=NCc2ccc(C(=O)N3CCC[C@@H]3c3ccc(Cl)cc3)cc21. The van der Waals surface area contributed by atoms with Gasteiger partial charge in [0.1, 0.15) is 0 Å². The molecular formula is C23H25ClN2O. The van der Waals surface area contributed by atoms with Crippen LogP contribution in [0.1, 0.15) is 66.2 Å². The monoisotopic (exact) mass is 380 g/mol. The van der Waals surface area contributed by atoms with Gasteiger partial charge in [-0.25, -0.2) is 0 Å². The van der Waals surface area contributed by atoms with Crippen molar-refractivity contribution in [2.45, 2.75) is 45.7 Å². The first-order chi connectivity index (χ1) is 13.0. The van der Waals surface area contributed by atoms with Gasteiger partial charge in [-0.3, -0.25) is 9.79 Å². The number of benzene rings is 2. The van der Waals surface area contributed by atoms with Crippen LogP contribution in [0.2, 0.25) is 5.02 Å². The van der Waals surface area contributed by atoms with Crippen molar-refractivity contribution in [2.24, 2.45) is 10.9 Å². The molecule has 2 aromatic rings. The minimum absolute atomic E-state index is 0.117. The molecule has 4 rings (SSSR count). The Labute approximate surface area is 166 Å². The highest BCUT2D eigenvalue weighted by molar-refractivity contribution is 6.30. The second-order valence-corrected chi connectivity index (χ2v) is 8.38. The maximum absolute atomic E-state index is 13.3. The molecule has 1 atom stereocenters. The lowest BCUT2D eigenvalue weighted by Gasteiger charge is -2.25. The van der Waals surface area contributed by atoms with Crippen molar-refractivity contribution in [2.75, 3.05) is 6.54 Å². The smallest absolute Gasteiger partial charge is 0.254 e. The van der Waals surface area contributed by atoms with Crippen molar-refractivity contribution >= 4 is 23.2 Å². The Kier molecular flexibility index (Phi) is 5.05. The summed E-state index contributed by atoms with van der Waals surface area (Å²) in [5, 5.41) is 0.727. The van der Waals surface area contributed by atoms with Gasteiger partial charge in [-0.05, 0) is 60.6 Å². The van der Waals surface area contributed by atoms with E-state index >= 15 is 0 Å². The van der Waals surface area contributed by atoms with E-state index in [1.165, 1.54) is 5.56 Å². The fourth-order valence-corrected chi connectivity index (χ4v) is 4.28. The number of hydrogen-bond donors (Lipinski definition) is 0. The first-order valence-electron chi connectivity index (χ1n) is 9.76. The number of hydrogen-bond acceptors (Lipinski definition) is 2. The summed E-state index contributed by atoms with van der Waals surface area (Å²) in [4.78, 5) is 20.0. The molecule has 1 saturated heterocycles. The fourth-order valence-electron chi connectivity index (χ4n) is 4.15. The third-order valence-corrected chi connectivity index (χ3v) is 5.73. The van der Waals surface area contributed by atoms with Crippen molar-refractivity contribution < 1.29 is 4.79 Å². The third kappa shape index (κ3) is 3.66. The zero-order valence-corrected chi connectivity index (χ0v) is 16.7. The summed E-state index contributed by atoms with van der Waals surface area (Å²) >= 11 is 6.03. The molecule has 2 aliphatic rings. The number of halogens is 1. The molecule has 0 aromatic heterocycles. The number of carbonyl (C=O) groups excluding carboxylic acids is 1. The maximum Gasteiger partial charge on any atom is 0.254 e. The normalized spacial score (nSPS) is 18.7. The minimum Gasteiger partial charge on any atom is -0.332 e. The van der Waals surface area contributed by atoms with Crippen LogP contribution in [-0.2, 0) is 6.54 Å². The number of likely N-dealkylation sites (tertiary alicyclic amines) is 1. The average molecular weight is 381 g/mol. The molecule has 0 bridgehead atoms. The molecule has 0 saturated carbocycles. The Morgan fingerprint density at radius 1 is 1.22 bits per heavy atom. The Morgan fingerprint density at radius 2 is 2.00 bits per heavy atom. The summed E-state index contributed by atoms with van der Waals surface area (Å²) in [5.41, 5.74) is 5.47. The summed E-state index contributed by atoms with van der Waals surface area (Å²) in [6, 6.07) is 14.1. The molecule has 27 heavy (non-hydrogen) atoms. The minimum atomic E-state index is 0.117. The molecule has 0 aliphatic carbocycles. The number of nitrogens with zero attached hydrogens (tertiary/aromatic N) is 2. The van der Waals surface area contributed by atoms with E-state index in [-0.39, 0.29) is 11.9 Å². The summed E-state index contributed by atoms with van der Waals surface area (Å²) in [6.45, 7) is 5.95. The first-order valence-corrected chi connectivity index (χ1v) is 10.1. The van der Waals surface area contributed by atoms with Gasteiger partial charge in [-0.1, -0.05) is 43.6 Å². The Bertz CT molecular complexity index is 886. The molecule has 2 aromatic carbocycles. The highest BCUT2D eigenvalue weighted by Gasteiger charge is 2.31. The van der Waals surface area contributed by atoms with Gasteiger partial charge in [0, 0.05) is 28.4 Å². The van der Waals surface area contributed by atoms with Gasteiger partial charge in [0.25, 0.3) is 5.91 Å². The van der Waals surface area contributed by atoms with Crippen molar-refractivity contribution in [1.29, 1.82) is 0 Å². The molecule has 0 spiro atoms. The topological polar surface area (TPSA) is 32.7 Å². The zero-order chi connectivity index (χ0) is 19.0. The highest BCUT2D eigenvalue weighted by Crippen LogP contribution is 2.34. The van der Waals surface area contributed by atoms with Crippen LogP contribution in [-0.4, -0.2) is 23.1 Å². The maximum atomic E-state index is 13.3. The lowest BCUT2D eigenvalue weighted by atomic mass is 9.96. The van der Waals surface area contributed by atoms with Crippen LogP contribution in [0.5, 0.6) is 0 Å². The summed E-state index contributed by atoms with van der Waals surface area (Å²) in [5.74, 6) is 0.674. The average Bonchev–Trinajstić information content (AvgIpc) is 3.28. The summed E-state index contributed by atoms with van der Waals surface area (Å²) < 4.78 is 0. The van der Waals surface area contributed by atoms with Gasteiger partial charge < -0.3 is 4.90 Å². The van der Waals surface area contributed by atoms with Crippen LogP contribution in [0.3, 0.4) is 0 Å². The molecule has 0 N–H and O–H groups in total. The van der Waals surface area contributed by atoms with E-state index in [2.05, 4.69) is 26.0 Å². The first kappa shape index (κ1) is 18.2. The standard InChI is InChI=1S/C23H25ClN2O/c1-15(2)12-21-20-13-17(5-6-18(20)14-25-21)23(27)26-11-3-4-22(26)16-7-9-19(24)10-8-16/h5-10,13,15,22H,3-4,11-12,14H2,1-2H3/t22-/m1/s1. The van der Waals surface area contributed by atoms with Gasteiger partial charge in [0.15, 0.2) is 0 Å². The van der Waals surface area contributed by atoms with Crippen LogP contribution >= 0.6 is 11.6 Å². The molecule has 2 heterocycles. The van der Waals surface area contributed by atoms with E-state index in [1.807, 2.05) is 35.2 Å². The molecule has 4 heteroatoms. The van der Waals surface area contributed by atoms with Crippen molar-refractivity contribution in [1.82, 2.24) is 4.90 Å². The van der Waals surface area contributed by atoms with Crippen molar-refractivity contribution in [3.63, 3.8) is 0 Å². The predicted octanol–water partition coefficient (Wildman–Crippen LogP) is 5.67. The molecule has 0 unspecified atom stereocenters. The quantitative estimate of drug-likeness (QED) is 0.672. The number of amides is 1. The van der Waals surface area contributed by atoms with E-state index in [1.54, 1.807) is 0 Å². The van der Waals surface area contributed by atoms with E-state index in [4.69, 9.17) is 16.6 Å². The lowest BCUT2D eigenvalue weighted by molar-refractivity contribution is 0.0735. The summed E-state index contributed by atoms with van der Waals surface area (Å²) in [6.07, 6.45) is 2.99. The van der Waals surface area contributed by atoms with Crippen molar-refractivity contribution in [3.05, 3.63) is 69.7 Å². The van der Waals surface area contributed by atoms with Gasteiger partial charge >= 0.3 is 0 Å². The molecule has 140 valence electrons. The van der Waals surface area contributed by atoms with Gasteiger partial charge in [-0.15, -0.1) is 0 Å². The second-order valence-electron chi connectivity index (χ2n) is 7.94. The van der Waals surface area contributed by atoms with Gasteiger partial charge in [0.2, 0.25) is 0 Å². The highest BCUT2D eigenvalue weighted by atomic mass is 35.5. The van der Waals surface area contributed by atoms with Gasteiger partial charge in [0.05, 0.1) is 12.6 Å². The van der Waals surface area contributed by atoms with Crippen LogP contribution < -0.4 is 0 Å². The number of aliphatic imine (C=N–C) groups is 1.